The number of hydrogen-bond acceptors (Lipinski definition) is 6. The molecule has 4 rings (SSSR count). The van der Waals surface area contributed by atoms with Gasteiger partial charge in [-0.3, -0.25) is 28.5 Å². The summed E-state index contributed by atoms with van der Waals surface area (Å²) >= 11 is 0. The van der Waals surface area contributed by atoms with Gasteiger partial charge < -0.3 is 30.6 Å². The van der Waals surface area contributed by atoms with Crippen LogP contribution in [-0.4, -0.2) is 93.9 Å². The number of fused-ring (bicyclic) bond motifs is 2. The Bertz CT molecular complexity index is 1230. The number of nitrogens with zero attached hydrogens (tertiary/aromatic N) is 2. The van der Waals surface area contributed by atoms with Gasteiger partial charge in [0.15, 0.2) is 0 Å². The molecule has 0 aromatic heterocycles. The minimum atomic E-state index is -4.13. The maximum atomic E-state index is 13.8. The molecule has 12 nitrogen and oxygen atoms in total. The topological polar surface area (TPSA) is 165 Å². The van der Waals surface area contributed by atoms with Crippen LogP contribution in [0.25, 0.3) is 0 Å². The van der Waals surface area contributed by atoms with Gasteiger partial charge in [0.25, 0.3) is 0 Å². The molecule has 1 aromatic rings. The maximum Gasteiger partial charge on any atom is 0.243 e. The third-order valence-corrected chi connectivity index (χ3v) is 10.7. The number of hydrogen-bond donors (Lipinski definition) is 4. The molecule has 3 heterocycles. The maximum absolute atomic E-state index is 13.8. The highest BCUT2D eigenvalue weighted by Gasteiger charge is 2.41. The van der Waals surface area contributed by atoms with Gasteiger partial charge in [0.2, 0.25) is 36.9 Å². The van der Waals surface area contributed by atoms with E-state index in [2.05, 4.69) is 16.0 Å². The average Bonchev–Trinajstić information content (AvgIpc) is 3.68. The van der Waals surface area contributed by atoms with Gasteiger partial charge in [0.05, 0.1) is 0 Å². The number of amides is 5. The van der Waals surface area contributed by atoms with E-state index in [1.54, 1.807) is 24.3 Å². The molecule has 3 aliphatic heterocycles. The van der Waals surface area contributed by atoms with Gasteiger partial charge in [-0.25, -0.2) is 0 Å². The fourth-order valence-electron chi connectivity index (χ4n) is 6.13. The lowest BCUT2D eigenvalue weighted by Gasteiger charge is -2.29. The van der Waals surface area contributed by atoms with Gasteiger partial charge in [0.1, 0.15) is 23.9 Å². The first kappa shape index (κ1) is 32.7. The Morgan fingerprint density at radius 2 is 1.47 bits per heavy atom. The molecule has 0 aliphatic carbocycles. The van der Waals surface area contributed by atoms with Crippen LogP contribution in [0.15, 0.2) is 30.3 Å². The lowest BCUT2D eigenvalue weighted by molar-refractivity contribution is -0.139. The largest absolute Gasteiger partial charge is 0.354 e. The van der Waals surface area contributed by atoms with E-state index in [4.69, 9.17) is 0 Å². The minimum absolute atomic E-state index is 0.0270. The molecule has 0 spiro atoms. The first-order chi connectivity index (χ1) is 20.6. The Hall–Kier alpha value is -3.24. The molecular weight excluding hydrogens is 573 g/mol. The Balaban J connectivity index is 1.60. The van der Waals surface area contributed by atoms with Crippen molar-refractivity contribution >= 4 is 36.9 Å². The van der Waals surface area contributed by atoms with Crippen LogP contribution in [0, 0.1) is 0 Å². The number of nitrogens with one attached hydrogen (secondary N) is 3. The van der Waals surface area contributed by atoms with Gasteiger partial charge in [-0.15, -0.1) is 0 Å². The number of carbonyl (C=O) groups is 5. The van der Waals surface area contributed by atoms with Crippen LogP contribution in [0.1, 0.15) is 70.3 Å². The van der Waals surface area contributed by atoms with E-state index >= 15 is 0 Å². The first-order valence-electron chi connectivity index (χ1n) is 15.4. The van der Waals surface area contributed by atoms with Gasteiger partial charge >= 0.3 is 0 Å². The summed E-state index contributed by atoms with van der Waals surface area (Å²) in [5, 5.41) is 8.33. The monoisotopic (exact) mass is 617 g/mol. The van der Waals surface area contributed by atoms with Crippen LogP contribution in [-0.2, 0) is 35.0 Å². The molecule has 1 unspecified atom stereocenters. The smallest absolute Gasteiger partial charge is 0.243 e. The molecule has 1 aromatic carbocycles. The molecular formula is C30H44N5O7P. The van der Waals surface area contributed by atoms with Crippen molar-refractivity contribution in [3.8, 4) is 0 Å². The molecule has 0 saturated carbocycles. The van der Waals surface area contributed by atoms with Gasteiger partial charge in [-0.05, 0) is 37.7 Å². The SMILES string of the molecule is CCCC[C@@H]1NC(=O)[C@@H]2CCCN2C(=O)CCP(=O)(O)[C@H](Cc2ccccc2)NC(=O)[C@@H]2CCCN2C(=O)CCNC1=O. The summed E-state index contributed by atoms with van der Waals surface area (Å²) in [4.78, 5) is 80.4. The second-order valence-electron chi connectivity index (χ2n) is 11.7. The summed E-state index contributed by atoms with van der Waals surface area (Å²) in [5.74, 6) is -3.23. The Morgan fingerprint density at radius 1 is 0.860 bits per heavy atom. The van der Waals surface area contributed by atoms with Crippen LogP contribution in [0.3, 0.4) is 0 Å². The second kappa shape index (κ2) is 15.0. The van der Waals surface area contributed by atoms with Crippen molar-refractivity contribution in [1.29, 1.82) is 0 Å². The number of carbonyl (C=O) groups excluding carboxylic acids is 5. The van der Waals surface area contributed by atoms with Crippen LogP contribution in [0.2, 0.25) is 0 Å². The van der Waals surface area contributed by atoms with Crippen LogP contribution in [0.5, 0.6) is 0 Å². The van der Waals surface area contributed by atoms with Crippen molar-refractivity contribution in [3.05, 3.63) is 35.9 Å². The molecule has 3 saturated heterocycles. The van der Waals surface area contributed by atoms with Crippen molar-refractivity contribution in [2.45, 2.75) is 95.0 Å². The molecule has 5 atom stereocenters. The fourth-order valence-corrected chi connectivity index (χ4v) is 7.78. The van der Waals surface area contributed by atoms with E-state index in [0.717, 1.165) is 12.0 Å². The Kier molecular flexibility index (Phi) is 11.4. The highest BCUT2D eigenvalue weighted by Crippen LogP contribution is 2.47. The van der Waals surface area contributed by atoms with E-state index in [-0.39, 0.29) is 37.9 Å². The fraction of sp³-hybridized carbons (Fsp3) is 0.633. The van der Waals surface area contributed by atoms with Crippen molar-refractivity contribution < 1.29 is 33.4 Å². The molecule has 43 heavy (non-hydrogen) atoms. The van der Waals surface area contributed by atoms with E-state index in [0.29, 0.717) is 51.6 Å². The zero-order chi connectivity index (χ0) is 31.0. The number of benzene rings is 1. The molecule has 236 valence electrons. The van der Waals surface area contributed by atoms with Crippen LogP contribution in [0.4, 0.5) is 0 Å². The molecule has 0 bridgehead atoms. The van der Waals surface area contributed by atoms with E-state index in [1.807, 2.05) is 13.0 Å². The van der Waals surface area contributed by atoms with E-state index < -0.39 is 54.9 Å². The summed E-state index contributed by atoms with van der Waals surface area (Å²) in [7, 11) is -4.13. The second-order valence-corrected chi connectivity index (χ2v) is 14.3. The minimum Gasteiger partial charge on any atom is -0.354 e. The summed E-state index contributed by atoms with van der Waals surface area (Å²) in [5.41, 5.74) is 0.746. The van der Waals surface area contributed by atoms with Crippen molar-refractivity contribution in [2.24, 2.45) is 0 Å². The van der Waals surface area contributed by atoms with Crippen LogP contribution >= 0.6 is 7.37 Å². The van der Waals surface area contributed by atoms with Gasteiger partial charge in [-0.1, -0.05) is 50.1 Å². The normalized spacial score (nSPS) is 30.0. The highest BCUT2D eigenvalue weighted by atomic mass is 31.2. The third-order valence-electron chi connectivity index (χ3n) is 8.58. The summed E-state index contributed by atoms with van der Waals surface area (Å²) < 4.78 is 13.8. The zero-order valence-corrected chi connectivity index (χ0v) is 25.7. The summed E-state index contributed by atoms with van der Waals surface area (Å²) in [6.07, 6.45) is 3.38. The van der Waals surface area contributed by atoms with Crippen molar-refractivity contribution in [3.63, 3.8) is 0 Å². The van der Waals surface area contributed by atoms with E-state index in [1.165, 1.54) is 9.80 Å². The molecule has 13 heteroatoms. The first-order valence-corrected chi connectivity index (χ1v) is 17.3. The lowest BCUT2D eigenvalue weighted by atomic mass is 10.1. The highest BCUT2D eigenvalue weighted by molar-refractivity contribution is 7.58. The van der Waals surface area contributed by atoms with Gasteiger partial charge in [-0.2, -0.15) is 0 Å². The van der Waals surface area contributed by atoms with E-state index in [9.17, 15) is 33.4 Å². The predicted molar refractivity (Wildman–Crippen MR) is 160 cm³/mol. The van der Waals surface area contributed by atoms with Gasteiger partial charge in [0, 0.05) is 45.1 Å². The molecule has 0 radical (unpaired) electrons. The standard InChI is InChI=1S/C30H44N5O7P/c1-2-3-11-22-28(38)31-16-14-26(36)34-17-8-13-24(34)30(40)33-25(20-21-9-5-4-6-10-21)43(41,42)19-15-27(37)35-18-7-12-23(35)29(39)32-22/h4-6,9-10,22-25H,2-3,7-8,11-20H2,1H3,(H,31,38)(H,32,39)(H,33,40)(H,41,42)/t22-,23-,24-,25+/m0/s1. The Morgan fingerprint density at radius 3 is 2.09 bits per heavy atom. The van der Waals surface area contributed by atoms with Crippen molar-refractivity contribution in [1.82, 2.24) is 25.8 Å². The quantitative estimate of drug-likeness (QED) is 0.364. The summed E-state index contributed by atoms with van der Waals surface area (Å²) in [6, 6.07) is 6.63. The lowest BCUT2D eigenvalue weighted by Crippen LogP contribution is -2.53. The number of rotatable bonds is 5. The summed E-state index contributed by atoms with van der Waals surface area (Å²) in [6.45, 7) is 2.72. The molecule has 4 N–H and O–H groups in total. The molecule has 3 fully saturated rings. The van der Waals surface area contributed by atoms with Crippen molar-refractivity contribution in [2.75, 3.05) is 25.8 Å². The average molecular weight is 618 g/mol. The van der Waals surface area contributed by atoms with Crippen LogP contribution < -0.4 is 16.0 Å². The Labute approximate surface area is 252 Å². The predicted octanol–water partition coefficient (Wildman–Crippen LogP) is 1.51. The zero-order valence-electron chi connectivity index (χ0n) is 24.8. The molecule has 5 amide bonds. The third kappa shape index (κ3) is 8.44. The number of unbranched alkanes of at least 4 members (excludes halogenated alkanes) is 1. The molecule has 3 aliphatic rings.